The van der Waals surface area contributed by atoms with E-state index in [0.29, 0.717) is 19.8 Å². The van der Waals surface area contributed by atoms with E-state index < -0.39 is 9.05 Å². The zero-order chi connectivity index (χ0) is 11.6. The smallest absolute Gasteiger partial charge is 0.351 e. The lowest BCUT2D eigenvalue weighted by Gasteiger charge is -2.25. The first-order valence-electron chi connectivity index (χ1n) is 4.84. The van der Waals surface area contributed by atoms with Gasteiger partial charge in [0.15, 0.2) is 0 Å². The predicted molar refractivity (Wildman–Crippen MR) is 54.7 cm³/mol. The van der Waals surface area contributed by atoms with Crippen LogP contribution in [0.5, 0.6) is 0 Å². The molecule has 7 heteroatoms. The molecule has 0 aromatic heterocycles. The Balaban J connectivity index is 4.36. The van der Waals surface area contributed by atoms with Gasteiger partial charge in [0, 0.05) is 19.8 Å². The fourth-order valence-corrected chi connectivity index (χ4v) is 2.70. The summed E-state index contributed by atoms with van der Waals surface area (Å²) in [5, 5.41) is 0. The second kappa shape index (κ2) is 8.72. The summed E-state index contributed by atoms with van der Waals surface area (Å²) in [7, 11) is -3.11. The molecule has 0 aromatic rings. The lowest BCUT2D eigenvalue weighted by atomic mass is 10.9. The van der Waals surface area contributed by atoms with Gasteiger partial charge in [-0.05, 0) is 20.8 Å². The Morgan fingerprint density at radius 3 is 1.80 bits per heavy atom. The molecule has 0 aliphatic heterocycles. The van der Waals surface area contributed by atoms with Gasteiger partial charge in [-0.1, -0.05) is 0 Å². The number of hydrogen-bond donors (Lipinski definition) is 0. The molecule has 0 aromatic carbocycles. The molecular formula is C8H17NO5Si. The van der Waals surface area contributed by atoms with Gasteiger partial charge >= 0.3 is 9.05 Å². The quantitative estimate of drug-likeness (QED) is 0.336. The summed E-state index contributed by atoms with van der Waals surface area (Å²) in [5.74, 6) is 0. The summed E-state index contributed by atoms with van der Waals surface area (Å²) in [6.07, 6.45) is 1.37. The fourth-order valence-electron chi connectivity index (χ4n) is 0.918. The van der Waals surface area contributed by atoms with E-state index in [1.54, 1.807) is 0 Å². The van der Waals surface area contributed by atoms with Crippen LogP contribution in [0, 0.1) is 0 Å². The Morgan fingerprint density at radius 1 is 1.00 bits per heavy atom. The van der Waals surface area contributed by atoms with Crippen LogP contribution in [-0.4, -0.2) is 41.7 Å². The molecule has 0 spiro atoms. The Kier molecular flexibility index (Phi) is 8.39. The number of isocyanates is 1. The van der Waals surface area contributed by atoms with Crippen molar-refractivity contribution in [1.29, 1.82) is 0 Å². The van der Waals surface area contributed by atoms with Crippen molar-refractivity contribution in [3.63, 3.8) is 0 Å². The summed E-state index contributed by atoms with van der Waals surface area (Å²) >= 11 is 0. The van der Waals surface area contributed by atoms with Crippen molar-refractivity contribution in [2.24, 2.45) is 4.99 Å². The molecule has 0 rings (SSSR count). The fraction of sp³-hybridized carbons (Fsp3) is 0.875. The first-order valence-corrected chi connectivity index (χ1v) is 6.47. The van der Waals surface area contributed by atoms with Crippen molar-refractivity contribution in [3.8, 4) is 0 Å². The molecule has 0 saturated carbocycles. The van der Waals surface area contributed by atoms with Crippen molar-refractivity contribution < 1.29 is 22.5 Å². The van der Waals surface area contributed by atoms with Gasteiger partial charge in [-0.3, -0.25) is 0 Å². The van der Waals surface area contributed by atoms with Gasteiger partial charge in [0.2, 0.25) is 6.08 Å². The average molecular weight is 235 g/mol. The Hall–Kier alpha value is -0.563. The number of aliphatic imine (C=N–C) groups is 1. The van der Waals surface area contributed by atoms with E-state index in [4.69, 9.17) is 17.7 Å². The highest BCUT2D eigenvalue weighted by Gasteiger charge is 2.44. The lowest BCUT2D eigenvalue weighted by molar-refractivity contribution is -0.0257. The predicted octanol–water partition coefficient (Wildman–Crippen LogP) is 0.841. The van der Waals surface area contributed by atoms with Crippen LogP contribution in [0.25, 0.3) is 0 Å². The van der Waals surface area contributed by atoms with Crippen LogP contribution in [0.1, 0.15) is 20.8 Å². The molecule has 0 amide bonds. The molecule has 0 N–H and O–H groups in total. The summed E-state index contributed by atoms with van der Waals surface area (Å²) < 4.78 is 21.3. The highest BCUT2D eigenvalue weighted by Crippen LogP contribution is 2.11. The van der Waals surface area contributed by atoms with Crippen LogP contribution < -0.4 is 0 Å². The van der Waals surface area contributed by atoms with Gasteiger partial charge in [0.1, 0.15) is 6.73 Å². The minimum absolute atomic E-state index is 0.157. The van der Waals surface area contributed by atoms with Crippen LogP contribution in [-0.2, 0) is 22.5 Å². The zero-order valence-electron chi connectivity index (χ0n) is 9.32. The van der Waals surface area contributed by atoms with Gasteiger partial charge in [-0.2, -0.15) is 4.99 Å². The summed E-state index contributed by atoms with van der Waals surface area (Å²) in [6.45, 7) is 6.52. The first-order chi connectivity index (χ1) is 7.24. The van der Waals surface area contributed by atoms with E-state index in [-0.39, 0.29) is 6.73 Å². The summed E-state index contributed by atoms with van der Waals surface area (Å²) in [4.78, 5) is 13.2. The Morgan fingerprint density at radius 2 is 1.47 bits per heavy atom. The number of nitrogens with zero attached hydrogens (tertiary/aromatic N) is 1. The number of rotatable bonds is 9. The Labute approximate surface area is 90.7 Å². The number of carbonyl (C=O) groups excluding carboxylic acids is 1. The largest absolute Gasteiger partial charge is 0.681 e. The van der Waals surface area contributed by atoms with Crippen molar-refractivity contribution in [2.45, 2.75) is 20.8 Å². The second-order valence-corrected chi connectivity index (χ2v) is 4.48. The van der Waals surface area contributed by atoms with Crippen molar-refractivity contribution in [2.75, 3.05) is 26.6 Å². The van der Waals surface area contributed by atoms with E-state index in [1.165, 1.54) is 6.08 Å². The standard InChI is InChI=1S/C8H17NO5Si/c1-4-11-15(12-5-2,13-6-3)14-8-9-7-10/h4-6,8H2,1-3H3. The second-order valence-electron chi connectivity index (χ2n) is 2.32. The average Bonchev–Trinajstić information content (AvgIpc) is 2.19. The molecule has 0 aliphatic carbocycles. The summed E-state index contributed by atoms with van der Waals surface area (Å²) in [6, 6.07) is 0. The van der Waals surface area contributed by atoms with Crippen molar-refractivity contribution in [1.82, 2.24) is 0 Å². The van der Waals surface area contributed by atoms with E-state index >= 15 is 0 Å². The molecule has 0 unspecified atom stereocenters. The molecule has 0 radical (unpaired) electrons. The van der Waals surface area contributed by atoms with E-state index in [2.05, 4.69) is 4.99 Å². The monoisotopic (exact) mass is 235 g/mol. The Bertz CT molecular complexity index is 190. The van der Waals surface area contributed by atoms with Gasteiger partial charge < -0.3 is 17.7 Å². The van der Waals surface area contributed by atoms with Crippen molar-refractivity contribution in [3.05, 3.63) is 0 Å². The van der Waals surface area contributed by atoms with Gasteiger partial charge in [0.05, 0.1) is 0 Å². The molecule has 6 nitrogen and oxygen atoms in total. The lowest BCUT2D eigenvalue weighted by Crippen LogP contribution is -2.49. The van der Waals surface area contributed by atoms with E-state index in [1.807, 2.05) is 20.8 Å². The third kappa shape index (κ3) is 5.78. The maximum atomic E-state index is 9.89. The maximum Gasteiger partial charge on any atom is 0.681 e. The highest BCUT2D eigenvalue weighted by atomic mass is 28.4. The van der Waals surface area contributed by atoms with E-state index in [0.717, 1.165) is 0 Å². The van der Waals surface area contributed by atoms with Crippen LogP contribution >= 0.6 is 0 Å². The molecule has 0 fully saturated rings. The number of hydrogen-bond acceptors (Lipinski definition) is 6. The molecule has 0 atom stereocenters. The van der Waals surface area contributed by atoms with Crippen LogP contribution in [0.4, 0.5) is 0 Å². The van der Waals surface area contributed by atoms with Crippen LogP contribution in [0.2, 0.25) is 0 Å². The normalized spacial score (nSPS) is 11.1. The zero-order valence-corrected chi connectivity index (χ0v) is 10.3. The first kappa shape index (κ1) is 14.4. The third-order valence-corrected chi connectivity index (χ3v) is 3.74. The van der Waals surface area contributed by atoms with Gasteiger partial charge in [-0.25, -0.2) is 4.79 Å². The molecule has 0 heterocycles. The summed E-state index contributed by atoms with van der Waals surface area (Å²) in [5.41, 5.74) is 0. The molecule has 0 saturated heterocycles. The minimum atomic E-state index is -3.11. The molecular weight excluding hydrogens is 218 g/mol. The molecule has 0 aliphatic rings. The third-order valence-electron chi connectivity index (χ3n) is 1.33. The van der Waals surface area contributed by atoms with Gasteiger partial charge in [-0.15, -0.1) is 0 Å². The molecule has 88 valence electrons. The van der Waals surface area contributed by atoms with Crippen molar-refractivity contribution >= 4 is 15.1 Å². The molecule has 0 bridgehead atoms. The van der Waals surface area contributed by atoms with E-state index in [9.17, 15) is 4.79 Å². The SMILES string of the molecule is CCO[Si](OCC)(OCC)OCN=C=O. The van der Waals surface area contributed by atoms with Crippen LogP contribution in [0.15, 0.2) is 4.99 Å². The van der Waals surface area contributed by atoms with Crippen LogP contribution in [0.3, 0.4) is 0 Å². The topological polar surface area (TPSA) is 66.3 Å². The highest BCUT2D eigenvalue weighted by molar-refractivity contribution is 6.53. The maximum absolute atomic E-state index is 9.89. The van der Waals surface area contributed by atoms with Gasteiger partial charge in [0.25, 0.3) is 0 Å². The molecule has 15 heavy (non-hydrogen) atoms. The minimum Gasteiger partial charge on any atom is -0.351 e.